The fraction of sp³-hybridized carbons (Fsp3) is 0.688. The van der Waals surface area contributed by atoms with E-state index in [1.807, 2.05) is 10.8 Å². The Hall–Kier alpha value is -1.45. The van der Waals surface area contributed by atoms with Crippen molar-refractivity contribution in [1.82, 2.24) is 4.57 Å². The van der Waals surface area contributed by atoms with Crippen LogP contribution >= 0.6 is 0 Å². The molecule has 110 valence electrons. The molecular formula is C16H24N2O2. The van der Waals surface area contributed by atoms with E-state index in [-0.39, 0.29) is 12.1 Å². The second-order valence-corrected chi connectivity index (χ2v) is 6.19. The van der Waals surface area contributed by atoms with Gasteiger partial charge in [-0.2, -0.15) is 0 Å². The predicted molar refractivity (Wildman–Crippen MR) is 78.6 cm³/mol. The first-order valence-corrected chi connectivity index (χ1v) is 7.87. The number of hydrogen-bond acceptors (Lipinski definition) is 3. The van der Waals surface area contributed by atoms with Crippen molar-refractivity contribution in [2.24, 2.45) is 5.92 Å². The highest BCUT2D eigenvalue weighted by Gasteiger charge is 2.31. The molecule has 0 amide bonds. The number of aromatic nitrogens is 1. The van der Waals surface area contributed by atoms with Crippen LogP contribution in [0, 0.1) is 5.92 Å². The van der Waals surface area contributed by atoms with Crippen molar-refractivity contribution in [3.05, 3.63) is 18.0 Å². The first-order valence-electron chi connectivity index (χ1n) is 7.87. The van der Waals surface area contributed by atoms with Crippen LogP contribution in [-0.4, -0.2) is 16.6 Å². The summed E-state index contributed by atoms with van der Waals surface area (Å²) >= 11 is 0. The van der Waals surface area contributed by atoms with Crippen molar-refractivity contribution in [2.75, 3.05) is 5.73 Å². The number of anilines is 1. The second-order valence-electron chi connectivity index (χ2n) is 6.19. The number of carbonyl (C=O) groups is 1. The molecule has 1 heterocycles. The van der Waals surface area contributed by atoms with E-state index in [0.29, 0.717) is 23.3 Å². The third kappa shape index (κ3) is 2.69. The molecule has 0 bridgehead atoms. The Kier molecular flexibility index (Phi) is 3.72. The highest BCUT2D eigenvalue weighted by atomic mass is 16.5. The lowest BCUT2D eigenvalue weighted by Gasteiger charge is -2.30. The zero-order valence-corrected chi connectivity index (χ0v) is 12.2. The third-order valence-electron chi connectivity index (χ3n) is 4.64. The summed E-state index contributed by atoms with van der Waals surface area (Å²) in [6, 6.07) is 2.20. The number of rotatable bonds is 4. The minimum absolute atomic E-state index is 0.0880. The second kappa shape index (κ2) is 5.51. The highest BCUT2D eigenvalue weighted by molar-refractivity contribution is 5.89. The Bertz CT molecular complexity index is 491. The minimum Gasteiger partial charge on any atom is -0.457 e. The van der Waals surface area contributed by atoms with Gasteiger partial charge in [0.05, 0.1) is 5.69 Å². The Morgan fingerprint density at radius 3 is 2.80 bits per heavy atom. The minimum atomic E-state index is -0.195. The monoisotopic (exact) mass is 276 g/mol. The summed E-state index contributed by atoms with van der Waals surface area (Å²) in [4.78, 5) is 12.4. The molecule has 2 fully saturated rings. The van der Waals surface area contributed by atoms with E-state index in [0.717, 1.165) is 25.7 Å². The standard InChI is InChI=1S/C16H24N2O2/c1-2-11-5-3-4-6-15(11)20-16(19)14-9-12(17)10-18(14)13-7-8-13/h9-11,13,15H,2-8,17H2,1H3. The van der Waals surface area contributed by atoms with E-state index in [9.17, 15) is 4.79 Å². The van der Waals surface area contributed by atoms with Crippen LogP contribution in [0.25, 0.3) is 0 Å². The molecule has 2 N–H and O–H groups in total. The zero-order valence-electron chi connectivity index (χ0n) is 12.2. The molecule has 0 radical (unpaired) electrons. The third-order valence-corrected chi connectivity index (χ3v) is 4.64. The lowest BCUT2D eigenvalue weighted by atomic mass is 9.85. The van der Waals surface area contributed by atoms with E-state index in [1.165, 1.54) is 19.3 Å². The average Bonchev–Trinajstić information content (AvgIpc) is 3.22. The van der Waals surface area contributed by atoms with Gasteiger partial charge in [0.25, 0.3) is 0 Å². The van der Waals surface area contributed by atoms with Gasteiger partial charge in [-0.1, -0.05) is 13.3 Å². The molecule has 2 aliphatic carbocycles. The van der Waals surface area contributed by atoms with Gasteiger partial charge in [0.1, 0.15) is 11.8 Å². The van der Waals surface area contributed by atoms with Gasteiger partial charge in [-0.15, -0.1) is 0 Å². The highest BCUT2D eigenvalue weighted by Crippen LogP contribution is 2.38. The number of nitrogen functional groups attached to an aromatic ring is 1. The quantitative estimate of drug-likeness (QED) is 0.856. The number of nitrogens with zero attached hydrogens (tertiary/aromatic N) is 1. The summed E-state index contributed by atoms with van der Waals surface area (Å²) in [7, 11) is 0. The van der Waals surface area contributed by atoms with Gasteiger partial charge in [0.2, 0.25) is 0 Å². The van der Waals surface area contributed by atoms with Crippen LogP contribution in [-0.2, 0) is 4.74 Å². The van der Waals surface area contributed by atoms with Crippen molar-refractivity contribution in [2.45, 2.75) is 64.0 Å². The molecule has 0 saturated heterocycles. The summed E-state index contributed by atoms with van der Waals surface area (Å²) in [6.07, 6.45) is 9.92. The van der Waals surface area contributed by atoms with Crippen LogP contribution in [0.3, 0.4) is 0 Å². The Morgan fingerprint density at radius 2 is 2.10 bits per heavy atom. The number of carbonyl (C=O) groups excluding carboxylic acids is 1. The topological polar surface area (TPSA) is 57.2 Å². The lowest BCUT2D eigenvalue weighted by Crippen LogP contribution is -2.30. The van der Waals surface area contributed by atoms with Gasteiger partial charge in [-0.05, 0) is 50.5 Å². The summed E-state index contributed by atoms with van der Waals surface area (Å²) < 4.78 is 7.80. The lowest BCUT2D eigenvalue weighted by molar-refractivity contribution is -0.000356. The molecule has 20 heavy (non-hydrogen) atoms. The maximum Gasteiger partial charge on any atom is 0.355 e. The molecule has 1 aromatic rings. The average molecular weight is 276 g/mol. The first-order chi connectivity index (χ1) is 9.69. The molecule has 2 atom stereocenters. The summed E-state index contributed by atoms with van der Waals surface area (Å²) in [5.41, 5.74) is 7.12. The van der Waals surface area contributed by atoms with Gasteiger partial charge in [0.15, 0.2) is 0 Å². The summed E-state index contributed by atoms with van der Waals surface area (Å²) in [5.74, 6) is 0.327. The van der Waals surface area contributed by atoms with Crippen molar-refractivity contribution in [3.8, 4) is 0 Å². The predicted octanol–water partition coefficient (Wildman–Crippen LogP) is 3.53. The van der Waals surface area contributed by atoms with Gasteiger partial charge in [0, 0.05) is 12.2 Å². The number of ether oxygens (including phenoxy) is 1. The fourth-order valence-electron chi connectivity index (χ4n) is 3.31. The summed E-state index contributed by atoms with van der Waals surface area (Å²) in [5, 5.41) is 0. The molecule has 0 spiro atoms. The fourth-order valence-corrected chi connectivity index (χ4v) is 3.31. The zero-order chi connectivity index (χ0) is 14.1. The van der Waals surface area contributed by atoms with E-state index in [4.69, 9.17) is 10.5 Å². The largest absolute Gasteiger partial charge is 0.457 e. The van der Waals surface area contributed by atoms with Crippen molar-refractivity contribution in [1.29, 1.82) is 0 Å². The smallest absolute Gasteiger partial charge is 0.355 e. The molecular weight excluding hydrogens is 252 g/mol. The van der Waals surface area contributed by atoms with E-state index in [1.54, 1.807) is 6.07 Å². The van der Waals surface area contributed by atoms with Crippen molar-refractivity contribution < 1.29 is 9.53 Å². The maximum atomic E-state index is 12.4. The van der Waals surface area contributed by atoms with E-state index >= 15 is 0 Å². The van der Waals surface area contributed by atoms with Gasteiger partial charge in [-0.25, -0.2) is 4.79 Å². The Balaban J connectivity index is 1.72. The van der Waals surface area contributed by atoms with Crippen LogP contribution in [0.5, 0.6) is 0 Å². The molecule has 2 unspecified atom stereocenters. The molecule has 1 aromatic heterocycles. The van der Waals surface area contributed by atoms with Gasteiger partial charge < -0.3 is 15.0 Å². The SMILES string of the molecule is CCC1CCCCC1OC(=O)c1cc(N)cn1C1CC1. The maximum absolute atomic E-state index is 12.4. The van der Waals surface area contributed by atoms with Crippen LogP contribution in [0.15, 0.2) is 12.3 Å². The van der Waals surface area contributed by atoms with Gasteiger partial charge >= 0.3 is 5.97 Å². The molecule has 4 heteroatoms. The number of esters is 1. The molecule has 3 rings (SSSR count). The van der Waals surface area contributed by atoms with Crippen molar-refractivity contribution >= 4 is 11.7 Å². The molecule has 2 saturated carbocycles. The molecule has 2 aliphatic rings. The van der Waals surface area contributed by atoms with Gasteiger partial charge in [-0.3, -0.25) is 0 Å². The van der Waals surface area contributed by atoms with Crippen LogP contribution in [0.1, 0.15) is 68.4 Å². The van der Waals surface area contributed by atoms with Crippen LogP contribution in [0.4, 0.5) is 5.69 Å². The number of hydrogen-bond donors (Lipinski definition) is 1. The van der Waals surface area contributed by atoms with Crippen molar-refractivity contribution in [3.63, 3.8) is 0 Å². The van der Waals surface area contributed by atoms with Crippen LogP contribution in [0.2, 0.25) is 0 Å². The summed E-state index contributed by atoms with van der Waals surface area (Å²) in [6.45, 7) is 2.18. The number of nitrogens with two attached hydrogens (primary N) is 1. The normalized spacial score (nSPS) is 26.4. The van der Waals surface area contributed by atoms with Crippen LogP contribution < -0.4 is 5.73 Å². The molecule has 0 aromatic carbocycles. The molecule has 4 nitrogen and oxygen atoms in total. The Labute approximate surface area is 120 Å². The van der Waals surface area contributed by atoms with E-state index in [2.05, 4.69) is 6.92 Å². The molecule has 0 aliphatic heterocycles. The first kappa shape index (κ1) is 13.5. The van der Waals surface area contributed by atoms with E-state index < -0.39 is 0 Å². The Morgan fingerprint density at radius 1 is 1.35 bits per heavy atom.